The molecule has 6 heteroatoms. The van der Waals surface area contributed by atoms with Crippen LogP contribution in [-0.2, 0) is 4.79 Å². The molecule has 0 spiro atoms. The van der Waals surface area contributed by atoms with Crippen molar-refractivity contribution in [3.8, 4) is 0 Å². The molecule has 108 valence electrons. The zero-order valence-electron chi connectivity index (χ0n) is 11.7. The van der Waals surface area contributed by atoms with Crippen LogP contribution in [0.25, 0.3) is 0 Å². The van der Waals surface area contributed by atoms with E-state index in [1.807, 2.05) is 13.8 Å². The minimum absolute atomic E-state index is 0.155. The van der Waals surface area contributed by atoms with Crippen molar-refractivity contribution in [2.45, 2.75) is 56.8 Å². The van der Waals surface area contributed by atoms with E-state index in [2.05, 4.69) is 10.3 Å². The fourth-order valence-corrected chi connectivity index (χ4v) is 2.68. The van der Waals surface area contributed by atoms with Gasteiger partial charge in [-0.1, -0.05) is 18.2 Å². The van der Waals surface area contributed by atoms with E-state index in [0.717, 1.165) is 18.6 Å². The molecule has 0 aliphatic rings. The molecule has 1 aromatic heterocycles. The number of thioether (sulfide) groups is 1. The molecule has 0 saturated heterocycles. The minimum atomic E-state index is -0.845. The lowest BCUT2D eigenvalue weighted by Crippen LogP contribution is -2.52. The van der Waals surface area contributed by atoms with E-state index >= 15 is 0 Å². The van der Waals surface area contributed by atoms with Crippen molar-refractivity contribution in [2.75, 3.05) is 5.75 Å². The fourth-order valence-electron chi connectivity index (χ4n) is 1.90. The predicted octanol–water partition coefficient (Wildman–Crippen LogP) is 2.78. The standard InChI is InChI=1S/C13H22N2O3S/c1-10(2)15-13(3,11(16)17)6-4-5-9-19-12-14-7-8-18-12/h7-8,10,15H,4-6,9H2,1-3H3,(H,16,17). The van der Waals surface area contributed by atoms with Gasteiger partial charge in [-0.05, 0) is 33.6 Å². The minimum Gasteiger partial charge on any atom is -0.480 e. The molecule has 0 aromatic carbocycles. The second-order valence-corrected chi connectivity index (χ2v) is 6.09. The first kappa shape index (κ1) is 16.0. The van der Waals surface area contributed by atoms with Gasteiger partial charge in [0.05, 0.1) is 6.20 Å². The summed E-state index contributed by atoms with van der Waals surface area (Å²) in [6.45, 7) is 5.66. The smallest absolute Gasteiger partial charge is 0.323 e. The summed E-state index contributed by atoms with van der Waals surface area (Å²) in [4.78, 5) is 15.3. The Hall–Kier alpha value is -1.01. The molecular weight excluding hydrogens is 264 g/mol. The van der Waals surface area contributed by atoms with E-state index in [4.69, 9.17) is 4.42 Å². The number of nitrogens with one attached hydrogen (secondary N) is 1. The molecule has 19 heavy (non-hydrogen) atoms. The van der Waals surface area contributed by atoms with Crippen molar-refractivity contribution >= 4 is 17.7 Å². The lowest BCUT2D eigenvalue weighted by molar-refractivity contribution is -0.144. The Balaban J connectivity index is 2.26. The maximum absolute atomic E-state index is 11.3. The first-order valence-corrected chi connectivity index (χ1v) is 7.46. The largest absolute Gasteiger partial charge is 0.480 e. The zero-order chi connectivity index (χ0) is 14.3. The molecule has 5 nitrogen and oxygen atoms in total. The molecule has 1 heterocycles. The number of unbranched alkanes of at least 4 members (excludes halogenated alkanes) is 1. The van der Waals surface area contributed by atoms with Gasteiger partial charge in [-0.3, -0.25) is 10.1 Å². The highest BCUT2D eigenvalue weighted by Gasteiger charge is 2.32. The van der Waals surface area contributed by atoms with Crippen LogP contribution in [0.3, 0.4) is 0 Å². The number of hydrogen-bond acceptors (Lipinski definition) is 5. The van der Waals surface area contributed by atoms with E-state index < -0.39 is 11.5 Å². The molecular formula is C13H22N2O3S. The van der Waals surface area contributed by atoms with Crippen molar-refractivity contribution in [1.82, 2.24) is 10.3 Å². The maximum Gasteiger partial charge on any atom is 0.323 e. The van der Waals surface area contributed by atoms with Crippen LogP contribution in [0.5, 0.6) is 0 Å². The van der Waals surface area contributed by atoms with Gasteiger partial charge in [-0.25, -0.2) is 4.98 Å². The third-order valence-electron chi connectivity index (χ3n) is 2.79. The van der Waals surface area contributed by atoms with Gasteiger partial charge in [0.1, 0.15) is 11.8 Å². The van der Waals surface area contributed by atoms with Crippen molar-refractivity contribution in [3.05, 3.63) is 12.5 Å². The second kappa shape index (κ2) is 7.55. The van der Waals surface area contributed by atoms with Gasteiger partial charge in [0.15, 0.2) is 0 Å². The van der Waals surface area contributed by atoms with Gasteiger partial charge in [-0.2, -0.15) is 0 Å². The number of aromatic nitrogens is 1. The lowest BCUT2D eigenvalue weighted by Gasteiger charge is -2.28. The van der Waals surface area contributed by atoms with Crippen LogP contribution in [0, 0.1) is 0 Å². The molecule has 1 unspecified atom stereocenters. The van der Waals surface area contributed by atoms with Crippen molar-refractivity contribution in [3.63, 3.8) is 0 Å². The first-order chi connectivity index (χ1) is 8.94. The van der Waals surface area contributed by atoms with E-state index in [9.17, 15) is 9.90 Å². The van der Waals surface area contributed by atoms with Crippen LogP contribution in [0.2, 0.25) is 0 Å². The van der Waals surface area contributed by atoms with Crippen LogP contribution in [0.1, 0.15) is 40.0 Å². The highest BCUT2D eigenvalue weighted by atomic mass is 32.2. The summed E-state index contributed by atoms with van der Waals surface area (Å²) >= 11 is 1.55. The van der Waals surface area contributed by atoms with Crippen LogP contribution < -0.4 is 5.32 Å². The first-order valence-electron chi connectivity index (χ1n) is 6.47. The number of carboxylic acids is 1. The number of rotatable bonds is 9. The highest BCUT2D eigenvalue weighted by Crippen LogP contribution is 2.20. The molecule has 0 fully saturated rings. The van der Waals surface area contributed by atoms with Crippen LogP contribution in [0.15, 0.2) is 22.1 Å². The number of carbonyl (C=O) groups is 1. The summed E-state index contributed by atoms with van der Waals surface area (Å²) in [7, 11) is 0. The topological polar surface area (TPSA) is 75.4 Å². The molecule has 1 rings (SSSR count). The molecule has 0 amide bonds. The summed E-state index contributed by atoms with van der Waals surface area (Å²) in [5.41, 5.74) is -0.845. The van der Waals surface area contributed by atoms with Gasteiger partial charge < -0.3 is 9.52 Å². The Morgan fingerprint density at radius 3 is 2.84 bits per heavy atom. The Bertz CT molecular complexity index is 381. The van der Waals surface area contributed by atoms with Crippen molar-refractivity contribution in [1.29, 1.82) is 0 Å². The van der Waals surface area contributed by atoms with E-state index in [1.54, 1.807) is 31.1 Å². The number of oxazole rings is 1. The van der Waals surface area contributed by atoms with Crippen LogP contribution >= 0.6 is 11.8 Å². The third-order valence-corrected chi connectivity index (χ3v) is 3.73. The monoisotopic (exact) mass is 286 g/mol. The van der Waals surface area contributed by atoms with Crippen molar-refractivity contribution < 1.29 is 14.3 Å². The maximum atomic E-state index is 11.3. The van der Waals surface area contributed by atoms with Crippen LogP contribution in [0.4, 0.5) is 0 Å². The lowest BCUT2D eigenvalue weighted by atomic mass is 9.94. The van der Waals surface area contributed by atoms with Crippen molar-refractivity contribution in [2.24, 2.45) is 0 Å². The summed E-state index contributed by atoms with van der Waals surface area (Å²) in [5, 5.41) is 13.1. The van der Waals surface area contributed by atoms with Crippen LogP contribution in [-0.4, -0.2) is 33.4 Å². The summed E-state index contributed by atoms with van der Waals surface area (Å²) in [6.07, 6.45) is 5.59. The second-order valence-electron chi connectivity index (χ2n) is 5.04. The quantitative estimate of drug-likeness (QED) is 0.537. The average Bonchev–Trinajstić information content (AvgIpc) is 2.80. The average molecular weight is 286 g/mol. The fraction of sp³-hybridized carbons (Fsp3) is 0.692. The summed E-state index contributed by atoms with van der Waals surface area (Å²) in [6, 6.07) is 0.155. The predicted molar refractivity (Wildman–Crippen MR) is 75.4 cm³/mol. The summed E-state index contributed by atoms with van der Waals surface area (Å²) < 4.78 is 5.12. The number of hydrogen-bond donors (Lipinski definition) is 2. The molecule has 0 saturated carbocycles. The number of nitrogens with zero attached hydrogens (tertiary/aromatic N) is 1. The van der Waals surface area contributed by atoms with Gasteiger partial charge in [0.2, 0.25) is 0 Å². The SMILES string of the molecule is CC(C)NC(C)(CCCCSc1ncco1)C(=O)O. The Morgan fingerprint density at radius 1 is 1.58 bits per heavy atom. The number of carboxylic acid groups (broad SMARTS) is 1. The Kier molecular flexibility index (Phi) is 6.37. The van der Waals surface area contributed by atoms with Gasteiger partial charge >= 0.3 is 5.97 Å². The third kappa shape index (κ3) is 5.65. The highest BCUT2D eigenvalue weighted by molar-refractivity contribution is 7.99. The summed E-state index contributed by atoms with van der Waals surface area (Å²) in [5.74, 6) is 0.0966. The molecule has 0 bridgehead atoms. The Morgan fingerprint density at radius 2 is 2.32 bits per heavy atom. The zero-order valence-corrected chi connectivity index (χ0v) is 12.5. The normalized spacial score (nSPS) is 14.5. The molecule has 1 aromatic rings. The van der Waals surface area contributed by atoms with Gasteiger partial charge in [-0.15, -0.1) is 0 Å². The molecule has 2 N–H and O–H groups in total. The van der Waals surface area contributed by atoms with Gasteiger partial charge in [0.25, 0.3) is 5.22 Å². The molecule has 0 aliphatic heterocycles. The Labute approximate surface area is 118 Å². The van der Waals surface area contributed by atoms with E-state index in [1.165, 1.54) is 0 Å². The molecule has 0 aliphatic carbocycles. The van der Waals surface area contributed by atoms with E-state index in [-0.39, 0.29) is 6.04 Å². The molecule has 0 radical (unpaired) electrons. The number of aliphatic carboxylic acids is 1. The molecule has 1 atom stereocenters. The van der Waals surface area contributed by atoms with Gasteiger partial charge in [0, 0.05) is 11.8 Å². The van der Waals surface area contributed by atoms with E-state index in [0.29, 0.717) is 11.6 Å².